The molecule has 1 aromatic rings. The molecule has 0 aromatic heterocycles. The third-order valence-electron chi connectivity index (χ3n) is 3.40. The maximum atomic E-state index is 12.2. The molecular formula is C14H17NO3. The van der Waals surface area contributed by atoms with Crippen molar-refractivity contribution >= 4 is 17.6 Å². The molecule has 1 aliphatic rings. The van der Waals surface area contributed by atoms with Gasteiger partial charge in [0, 0.05) is 12.1 Å². The summed E-state index contributed by atoms with van der Waals surface area (Å²) in [4.78, 5) is 25.0. The molecule has 18 heavy (non-hydrogen) atoms. The normalized spacial score (nSPS) is 16.1. The van der Waals surface area contributed by atoms with Crippen LogP contribution < -0.4 is 4.90 Å². The maximum Gasteiger partial charge on any atom is 0.329 e. The zero-order valence-electron chi connectivity index (χ0n) is 10.6. The van der Waals surface area contributed by atoms with E-state index in [-0.39, 0.29) is 5.91 Å². The van der Waals surface area contributed by atoms with E-state index >= 15 is 0 Å². The largest absolute Gasteiger partial charge is 0.480 e. The van der Waals surface area contributed by atoms with Crippen molar-refractivity contribution in [2.24, 2.45) is 0 Å². The van der Waals surface area contributed by atoms with Crippen molar-refractivity contribution < 1.29 is 14.7 Å². The Labute approximate surface area is 106 Å². The standard InChI is InChI=1S/C14H17NO3/c1-14(2,13(17)18)15-11-8-4-3-6-10(11)7-5-9-12(15)16/h3-4,6,8H,5,7,9H2,1-2H3,(H,17,18). The van der Waals surface area contributed by atoms with Gasteiger partial charge in [0.15, 0.2) is 0 Å². The minimum Gasteiger partial charge on any atom is -0.480 e. The number of aliphatic carboxylic acids is 1. The molecule has 0 unspecified atom stereocenters. The van der Waals surface area contributed by atoms with Crippen LogP contribution in [0, 0.1) is 0 Å². The van der Waals surface area contributed by atoms with Crippen LogP contribution >= 0.6 is 0 Å². The molecule has 1 N–H and O–H groups in total. The van der Waals surface area contributed by atoms with Crippen LogP contribution in [0.4, 0.5) is 5.69 Å². The van der Waals surface area contributed by atoms with Gasteiger partial charge in [0.2, 0.25) is 5.91 Å². The summed E-state index contributed by atoms with van der Waals surface area (Å²) < 4.78 is 0. The Morgan fingerprint density at radius 2 is 1.94 bits per heavy atom. The van der Waals surface area contributed by atoms with Gasteiger partial charge in [-0.3, -0.25) is 9.69 Å². The summed E-state index contributed by atoms with van der Waals surface area (Å²) in [6, 6.07) is 7.53. The number of carboxylic acid groups (broad SMARTS) is 1. The summed E-state index contributed by atoms with van der Waals surface area (Å²) in [5.41, 5.74) is 0.544. The van der Waals surface area contributed by atoms with E-state index < -0.39 is 11.5 Å². The molecule has 1 aliphatic heterocycles. The number of carboxylic acids is 1. The van der Waals surface area contributed by atoms with Crippen LogP contribution in [-0.2, 0) is 16.0 Å². The van der Waals surface area contributed by atoms with Gasteiger partial charge >= 0.3 is 5.97 Å². The summed E-state index contributed by atoms with van der Waals surface area (Å²) in [7, 11) is 0. The van der Waals surface area contributed by atoms with E-state index in [0.717, 1.165) is 24.1 Å². The summed E-state index contributed by atoms with van der Waals surface area (Å²) in [5, 5.41) is 9.33. The van der Waals surface area contributed by atoms with E-state index in [4.69, 9.17) is 0 Å². The van der Waals surface area contributed by atoms with Crippen molar-refractivity contribution in [3.05, 3.63) is 29.8 Å². The van der Waals surface area contributed by atoms with E-state index in [1.54, 1.807) is 13.8 Å². The number of para-hydroxylation sites is 1. The number of anilines is 1. The molecule has 0 aliphatic carbocycles. The molecule has 0 saturated carbocycles. The number of benzene rings is 1. The van der Waals surface area contributed by atoms with Gasteiger partial charge in [-0.25, -0.2) is 4.79 Å². The summed E-state index contributed by atoms with van der Waals surface area (Å²) in [6.07, 6.45) is 1.97. The summed E-state index contributed by atoms with van der Waals surface area (Å²) in [6.45, 7) is 3.13. The van der Waals surface area contributed by atoms with Crippen LogP contribution in [0.3, 0.4) is 0 Å². The molecule has 0 radical (unpaired) electrons. The zero-order chi connectivity index (χ0) is 13.3. The second-order valence-corrected chi connectivity index (χ2v) is 5.08. The highest BCUT2D eigenvalue weighted by atomic mass is 16.4. The highest BCUT2D eigenvalue weighted by molar-refractivity contribution is 6.02. The van der Waals surface area contributed by atoms with Gasteiger partial charge in [-0.1, -0.05) is 18.2 Å². The number of hydrogen-bond acceptors (Lipinski definition) is 2. The average molecular weight is 247 g/mol. The molecule has 1 heterocycles. The monoisotopic (exact) mass is 247 g/mol. The van der Waals surface area contributed by atoms with Crippen molar-refractivity contribution in [2.45, 2.75) is 38.6 Å². The molecule has 0 bridgehead atoms. The van der Waals surface area contributed by atoms with Crippen molar-refractivity contribution in [3.63, 3.8) is 0 Å². The predicted octanol–water partition coefficient (Wildman–Crippen LogP) is 2.22. The van der Waals surface area contributed by atoms with Crippen LogP contribution in [0.1, 0.15) is 32.3 Å². The molecule has 1 amide bonds. The average Bonchev–Trinajstić information content (AvgIpc) is 2.47. The van der Waals surface area contributed by atoms with Crippen LogP contribution in [0.25, 0.3) is 0 Å². The Bertz CT molecular complexity index is 494. The molecule has 0 fully saturated rings. The minimum absolute atomic E-state index is 0.118. The number of amides is 1. The van der Waals surface area contributed by atoms with Gasteiger partial charge in [-0.05, 0) is 38.3 Å². The third-order valence-corrected chi connectivity index (χ3v) is 3.40. The Morgan fingerprint density at radius 1 is 1.28 bits per heavy atom. The molecule has 0 spiro atoms. The fourth-order valence-electron chi connectivity index (χ4n) is 2.33. The van der Waals surface area contributed by atoms with Gasteiger partial charge < -0.3 is 5.11 Å². The second kappa shape index (κ2) is 4.44. The van der Waals surface area contributed by atoms with E-state index in [1.807, 2.05) is 24.3 Å². The number of hydrogen-bond donors (Lipinski definition) is 1. The molecule has 96 valence electrons. The first-order chi connectivity index (χ1) is 8.44. The van der Waals surface area contributed by atoms with E-state index in [2.05, 4.69) is 0 Å². The Kier molecular flexibility index (Phi) is 3.11. The molecule has 0 atom stereocenters. The number of aryl methyl sites for hydroxylation is 1. The number of carbonyl (C=O) groups is 2. The first kappa shape index (κ1) is 12.6. The SMILES string of the molecule is CC(C)(C(=O)O)N1C(=O)CCCc2ccccc21. The van der Waals surface area contributed by atoms with Gasteiger partial charge in [-0.15, -0.1) is 0 Å². The number of fused-ring (bicyclic) bond motifs is 1. The van der Waals surface area contributed by atoms with Crippen LogP contribution in [0.2, 0.25) is 0 Å². The quantitative estimate of drug-likeness (QED) is 0.871. The van der Waals surface area contributed by atoms with E-state index in [1.165, 1.54) is 4.90 Å². The fraction of sp³-hybridized carbons (Fsp3) is 0.429. The lowest BCUT2D eigenvalue weighted by Crippen LogP contribution is -2.53. The Hall–Kier alpha value is -1.84. The smallest absolute Gasteiger partial charge is 0.329 e. The second-order valence-electron chi connectivity index (χ2n) is 5.08. The molecule has 4 heteroatoms. The number of carbonyl (C=O) groups excluding carboxylic acids is 1. The number of rotatable bonds is 2. The topological polar surface area (TPSA) is 57.6 Å². The van der Waals surface area contributed by atoms with Crippen molar-refractivity contribution in [1.82, 2.24) is 0 Å². The third kappa shape index (κ3) is 1.98. The van der Waals surface area contributed by atoms with Crippen LogP contribution in [0.5, 0.6) is 0 Å². The summed E-state index contributed by atoms with van der Waals surface area (Å²) in [5.74, 6) is -1.11. The van der Waals surface area contributed by atoms with Crippen molar-refractivity contribution in [2.75, 3.05) is 4.90 Å². The molecule has 4 nitrogen and oxygen atoms in total. The van der Waals surface area contributed by atoms with Gasteiger partial charge in [0.1, 0.15) is 5.54 Å². The maximum absolute atomic E-state index is 12.2. The highest BCUT2D eigenvalue weighted by Crippen LogP contribution is 2.32. The highest BCUT2D eigenvalue weighted by Gasteiger charge is 2.40. The fourth-order valence-corrected chi connectivity index (χ4v) is 2.33. The van der Waals surface area contributed by atoms with Crippen molar-refractivity contribution in [1.29, 1.82) is 0 Å². The Balaban J connectivity index is 2.56. The van der Waals surface area contributed by atoms with E-state index in [0.29, 0.717) is 6.42 Å². The molecule has 1 aromatic carbocycles. The first-order valence-corrected chi connectivity index (χ1v) is 6.09. The lowest BCUT2D eigenvalue weighted by molar-refractivity contribution is -0.143. The Morgan fingerprint density at radius 3 is 2.61 bits per heavy atom. The lowest BCUT2D eigenvalue weighted by atomic mass is 10.0. The zero-order valence-corrected chi connectivity index (χ0v) is 10.6. The molecular weight excluding hydrogens is 230 g/mol. The predicted molar refractivity (Wildman–Crippen MR) is 68.6 cm³/mol. The summed E-state index contributed by atoms with van der Waals surface area (Å²) >= 11 is 0. The minimum atomic E-state index is -1.22. The van der Waals surface area contributed by atoms with Gasteiger partial charge in [0.05, 0.1) is 0 Å². The molecule has 2 rings (SSSR count). The number of nitrogens with zero attached hydrogens (tertiary/aromatic N) is 1. The van der Waals surface area contributed by atoms with E-state index in [9.17, 15) is 14.7 Å². The van der Waals surface area contributed by atoms with Gasteiger partial charge in [0.25, 0.3) is 0 Å². The van der Waals surface area contributed by atoms with Crippen molar-refractivity contribution in [3.8, 4) is 0 Å². The van der Waals surface area contributed by atoms with Crippen LogP contribution in [0.15, 0.2) is 24.3 Å². The van der Waals surface area contributed by atoms with Gasteiger partial charge in [-0.2, -0.15) is 0 Å². The molecule has 0 saturated heterocycles. The first-order valence-electron chi connectivity index (χ1n) is 6.09. The lowest BCUT2D eigenvalue weighted by Gasteiger charge is -2.35. The van der Waals surface area contributed by atoms with Crippen LogP contribution in [-0.4, -0.2) is 22.5 Å².